The van der Waals surface area contributed by atoms with Crippen molar-refractivity contribution < 1.29 is 4.74 Å². The standard InChI is InChI=1S/C17H26BrNO/c1-4-19-17(13-7-5-12(2)6-8-13)14-9-10-16(20-3)15(18)11-14/h9-13,17,19H,4-8H2,1-3H3. The van der Waals surface area contributed by atoms with Gasteiger partial charge >= 0.3 is 0 Å². The van der Waals surface area contributed by atoms with Crippen molar-refractivity contribution in [3.8, 4) is 5.75 Å². The zero-order chi connectivity index (χ0) is 14.5. The number of nitrogens with one attached hydrogen (secondary N) is 1. The van der Waals surface area contributed by atoms with Crippen LogP contribution in [0.5, 0.6) is 5.75 Å². The molecule has 0 spiro atoms. The summed E-state index contributed by atoms with van der Waals surface area (Å²) >= 11 is 3.61. The summed E-state index contributed by atoms with van der Waals surface area (Å²) < 4.78 is 6.38. The van der Waals surface area contributed by atoms with Gasteiger partial charge in [-0.1, -0.05) is 32.8 Å². The first kappa shape index (κ1) is 15.8. The normalized spacial score (nSPS) is 24.4. The summed E-state index contributed by atoms with van der Waals surface area (Å²) in [6.07, 6.45) is 5.40. The summed E-state index contributed by atoms with van der Waals surface area (Å²) in [6, 6.07) is 6.95. The fourth-order valence-electron chi connectivity index (χ4n) is 3.27. The van der Waals surface area contributed by atoms with Gasteiger partial charge in [-0.15, -0.1) is 0 Å². The van der Waals surface area contributed by atoms with E-state index in [9.17, 15) is 0 Å². The lowest BCUT2D eigenvalue weighted by Crippen LogP contribution is -2.30. The molecule has 1 aromatic rings. The fourth-order valence-corrected chi connectivity index (χ4v) is 3.83. The van der Waals surface area contributed by atoms with E-state index < -0.39 is 0 Å². The Morgan fingerprint density at radius 2 is 2.00 bits per heavy atom. The van der Waals surface area contributed by atoms with Gasteiger partial charge in [-0.2, -0.15) is 0 Å². The molecule has 2 rings (SSSR count). The topological polar surface area (TPSA) is 21.3 Å². The number of ether oxygens (including phenoxy) is 1. The smallest absolute Gasteiger partial charge is 0.133 e. The van der Waals surface area contributed by atoms with E-state index in [1.807, 2.05) is 0 Å². The molecule has 1 aromatic carbocycles. The number of benzene rings is 1. The first-order chi connectivity index (χ1) is 9.65. The highest BCUT2D eigenvalue weighted by molar-refractivity contribution is 9.10. The minimum Gasteiger partial charge on any atom is -0.496 e. The average molecular weight is 340 g/mol. The molecule has 20 heavy (non-hydrogen) atoms. The fraction of sp³-hybridized carbons (Fsp3) is 0.647. The second-order valence-electron chi connectivity index (χ2n) is 5.95. The van der Waals surface area contributed by atoms with Gasteiger partial charge in [0.25, 0.3) is 0 Å². The van der Waals surface area contributed by atoms with Crippen LogP contribution in [0, 0.1) is 11.8 Å². The molecule has 0 aliphatic heterocycles. The van der Waals surface area contributed by atoms with E-state index in [1.54, 1.807) is 7.11 Å². The quantitative estimate of drug-likeness (QED) is 0.820. The molecule has 1 aliphatic carbocycles. The second-order valence-corrected chi connectivity index (χ2v) is 6.80. The number of hydrogen-bond acceptors (Lipinski definition) is 2. The van der Waals surface area contributed by atoms with E-state index in [0.717, 1.165) is 28.6 Å². The Morgan fingerprint density at radius 1 is 1.30 bits per heavy atom. The highest BCUT2D eigenvalue weighted by atomic mass is 79.9. The predicted molar refractivity (Wildman–Crippen MR) is 88.2 cm³/mol. The monoisotopic (exact) mass is 339 g/mol. The number of methoxy groups -OCH3 is 1. The van der Waals surface area contributed by atoms with Gasteiger partial charge in [-0.3, -0.25) is 0 Å². The van der Waals surface area contributed by atoms with Gasteiger partial charge < -0.3 is 10.1 Å². The molecule has 2 nitrogen and oxygen atoms in total. The highest BCUT2D eigenvalue weighted by Gasteiger charge is 2.27. The van der Waals surface area contributed by atoms with Gasteiger partial charge in [0.2, 0.25) is 0 Å². The Morgan fingerprint density at radius 3 is 2.55 bits per heavy atom. The second kappa shape index (κ2) is 7.46. The van der Waals surface area contributed by atoms with Crippen molar-refractivity contribution in [3.05, 3.63) is 28.2 Å². The van der Waals surface area contributed by atoms with E-state index >= 15 is 0 Å². The van der Waals surface area contributed by atoms with Crippen LogP contribution in [0.1, 0.15) is 51.1 Å². The van der Waals surface area contributed by atoms with E-state index in [4.69, 9.17) is 4.74 Å². The van der Waals surface area contributed by atoms with Gasteiger partial charge in [-0.05, 0) is 64.8 Å². The van der Waals surface area contributed by atoms with Crippen LogP contribution < -0.4 is 10.1 Å². The summed E-state index contributed by atoms with van der Waals surface area (Å²) in [7, 11) is 1.71. The number of rotatable bonds is 5. The molecule has 1 aliphatic rings. The maximum absolute atomic E-state index is 5.33. The largest absolute Gasteiger partial charge is 0.496 e. The molecule has 0 aromatic heterocycles. The van der Waals surface area contributed by atoms with Gasteiger partial charge in [0.15, 0.2) is 0 Å². The summed E-state index contributed by atoms with van der Waals surface area (Å²) in [5, 5.41) is 3.69. The van der Waals surface area contributed by atoms with Gasteiger partial charge in [0, 0.05) is 6.04 Å². The summed E-state index contributed by atoms with van der Waals surface area (Å²) in [6.45, 7) is 5.58. The molecule has 0 bridgehead atoms. The summed E-state index contributed by atoms with van der Waals surface area (Å²) in [5.74, 6) is 2.56. The molecule has 3 heteroatoms. The lowest BCUT2D eigenvalue weighted by atomic mass is 9.77. The third-order valence-corrected chi connectivity index (χ3v) is 5.11. The number of halogens is 1. The van der Waals surface area contributed by atoms with Crippen LogP contribution in [0.4, 0.5) is 0 Å². The summed E-state index contributed by atoms with van der Waals surface area (Å²) in [5.41, 5.74) is 1.37. The molecular weight excluding hydrogens is 314 g/mol. The third-order valence-electron chi connectivity index (χ3n) is 4.49. The Bertz CT molecular complexity index is 427. The zero-order valence-corrected chi connectivity index (χ0v) is 14.4. The third kappa shape index (κ3) is 3.76. The van der Waals surface area contributed by atoms with Crippen molar-refractivity contribution in [2.75, 3.05) is 13.7 Å². The molecule has 1 unspecified atom stereocenters. The van der Waals surface area contributed by atoms with Crippen LogP contribution in [-0.2, 0) is 0 Å². The van der Waals surface area contributed by atoms with E-state index in [0.29, 0.717) is 6.04 Å². The van der Waals surface area contributed by atoms with Crippen molar-refractivity contribution >= 4 is 15.9 Å². The van der Waals surface area contributed by atoms with Crippen molar-refractivity contribution in [2.45, 2.75) is 45.6 Å². The van der Waals surface area contributed by atoms with Crippen LogP contribution in [0.15, 0.2) is 22.7 Å². The van der Waals surface area contributed by atoms with Crippen LogP contribution in [0.3, 0.4) is 0 Å². The SMILES string of the molecule is CCNC(c1ccc(OC)c(Br)c1)C1CCC(C)CC1. The van der Waals surface area contributed by atoms with E-state index in [-0.39, 0.29) is 0 Å². The Kier molecular flexibility index (Phi) is 5.91. The molecular formula is C17H26BrNO. The minimum atomic E-state index is 0.467. The van der Waals surface area contributed by atoms with Crippen molar-refractivity contribution in [1.82, 2.24) is 5.32 Å². The zero-order valence-electron chi connectivity index (χ0n) is 12.8. The maximum atomic E-state index is 5.33. The average Bonchev–Trinajstić information content (AvgIpc) is 2.46. The molecule has 112 valence electrons. The molecule has 0 saturated heterocycles. The Balaban J connectivity index is 2.17. The minimum absolute atomic E-state index is 0.467. The molecule has 0 amide bonds. The van der Waals surface area contributed by atoms with Crippen LogP contribution >= 0.6 is 15.9 Å². The lowest BCUT2D eigenvalue weighted by molar-refractivity contribution is 0.233. The number of hydrogen-bond donors (Lipinski definition) is 1. The molecule has 0 radical (unpaired) electrons. The maximum Gasteiger partial charge on any atom is 0.133 e. The van der Waals surface area contributed by atoms with Crippen LogP contribution in [0.25, 0.3) is 0 Å². The van der Waals surface area contributed by atoms with Crippen molar-refractivity contribution in [3.63, 3.8) is 0 Å². The van der Waals surface area contributed by atoms with Crippen molar-refractivity contribution in [1.29, 1.82) is 0 Å². The molecule has 0 heterocycles. The molecule has 1 N–H and O–H groups in total. The summed E-state index contributed by atoms with van der Waals surface area (Å²) in [4.78, 5) is 0. The Labute approximate surface area is 131 Å². The van der Waals surface area contributed by atoms with Crippen LogP contribution in [-0.4, -0.2) is 13.7 Å². The first-order valence-corrected chi connectivity index (χ1v) is 8.51. The lowest BCUT2D eigenvalue weighted by Gasteiger charge is -2.33. The van der Waals surface area contributed by atoms with E-state index in [1.165, 1.54) is 31.2 Å². The first-order valence-electron chi connectivity index (χ1n) is 7.72. The molecule has 1 atom stereocenters. The van der Waals surface area contributed by atoms with Gasteiger partial charge in [0.1, 0.15) is 5.75 Å². The van der Waals surface area contributed by atoms with Gasteiger partial charge in [-0.25, -0.2) is 0 Å². The highest BCUT2D eigenvalue weighted by Crippen LogP contribution is 2.38. The van der Waals surface area contributed by atoms with Crippen LogP contribution in [0.2, 0.25) is 0 Å². The molecule has 1 fully saturated rings. The van der Waals surface area contributed by atoms with Gasteiger partial charge in [0.05, 0.1) is 11.6 Å². The van der Waals surface area contributed by atoms with Crippen molar-refractivity contribution in [2.24, 2.45) is 11.8 Å². The Hall–Kier alpha value is -0.540. The molecule has 1 saturated carbocycles. The predicted octanol–water partition coefficient (Wildman–Crippen LogP) is 4.93. The van der Waals surface area contributed by atoms with E-state index in [2.05, 4.69) is 53.3 Å².